The summed E-state index contributed by atoms with van der Waals surface area (Å²) in [6.07, 6.45) is 8.46. The lowest BCUT2D eigenvalue weighted by Gasteiger charge is -2.38. The molecule has 1 aromatic rings. The van der Waals surface area contributed by atoms with E-state index in [1.165, 1.54) is 45.1 Å². The molecule has 0 heterocycles. The molecule has 0 aromatic heterocycles. The molecule has 0 bridgehead atoms. The zero-order valence-electron chi connectivity index (χ0n) is 13.8. The van der Waals surface area contributed by atoms with Gasteiger partial charge in [0, 0.05) is 0 Å². The van der Waals surface area contributed by atoms with Crippen LogP contribution in [0, 0.1) is 11.8 Å². The highest BCUT2D eigenvalue weighted by molar-refractivity contribution is 5.35. The van der Waals surface area contributed by atoms with Crippen LogP contribution in [0.5, 0.6) is 0 Å². The van der Waals surface area contributed by atoms with Crippen LogP contribution in [0.25, 0.3) is 0 Å². The molecule has 2 aliphatic carbocycles. The van der Waals surface area contributed by atoms with Gasteiger partial charge in [0.1, 0.15) is 0 Å². The second-order valence-corrected chi connectivity index (χ2v) is 7.35. The number of nitrogens with one attached hydrogen (secondary N) is 1. The van der Waals surface area contributed by atoms with Crippen molar-refractivity contribution in [1.29, 1.82) is 0 Å². The van der Waals surface area contributed by atoms with E-state index in [1.807, 2.05) is 0 Å². The van der Waals surface area contributed by atoms with Gasteiger partial charge in [0.05, 0.1) is 0 Å². The molecule has 0 radical (unpaired) electrons. The Morgan fingerprint density at radius 2 is 1.81 bits per heavy atom. The lowest BCUT2D eigenvalue weighted by molar-refractivity contribution is 0.240. The molecule has 0 aliphatic heterocycles. The smallest absolute Gasteiger partial charge is 0.00148 e. The van der Waals surface area contributed by atoms with E-state index in [0.29, 0.717) is 0 Å². The van der Waals surface area contributed by atoms with Crippen molar-refractivity contribution < 1.29 is 0 Å². The van der Waals surface area contributed by atoms with Crippen LogP contribution in [0.4, 0.5) is 0 Å². The molecular weight excluding hydrogens is 254 g/mol. The fourth-order valence-corrected chi connectivity index (χ4v) is 4.34. The number of rotatable bonds is 5. The second-order valence-electron chi connectivity index (χ2n) is 7.35. The third-order valence-corrected chi connectivity index (χ3v) is 5.85. The van der Waals surface area contributed by atoms with Gasteiger partial charge in [-0.1, -0.05) is 51.0 Å². The van der Waals surface area contributed by atoms with Crippen molar-refractivity contribution in [3.05, 3.63) is 35.4 Å². The van der Waals surface area contributed by atoms with Crippen LogP contribution >= 0.6 is 0 Å². The average molecular weight is 285 g/mol. The highest BCUT2D eigenvalue weighted by atomic mass is 14.8. The van der Waals surface area contributed by atoms with Crippen molar-refractivity contribution in [2.45, 2.75) is 64.2 Å². The molecule has 2 aliphatic rings. The summed E-state index contributed by atoms with van der Waals surface area (Å²) in [7, 11) is 0. The minimum Gasteiger partial charge on any atom is -0.317 e. The van der Waals surface area contributed by atoms with Gasteiger partial charge in [-0.15, -0.1) is 0 Å². The molecule has 0 amide bonds. The van der Waals surface area contributed by atoms with E-state index in [1.54, 1.807) is 11.1 Å². The Bertz CT molecular complexity index is 447. The summed E-state index contributed by atoms with van der Waals surface area (Å²) in [5.41, 5.74) is 3.38. The first-order valence-electron chi connectivity index (χ1n) is 9.09. The Morgan fingerprint density at radius 1 is 1.05 bits per heavy atom. The molecule has 21 heavy (non-hydrogen) atoms. The molecule has 1 aromatic carbocycles. The molecule has 0 spiro atoms. The first-order chi connectivity index (χ1) is 10.3. The molecular formula is C20H31N. The lowest BCUT2D eigenvalue weighted by Crippen LogP contribution is -2.32. The predicted molar refractivity (Wildman–Crippen MR) is 90.8 cm³/mol. The second kappa shape index (κ2) is 6.96. The highest BCUT2D eigenvalue weighted by Gasteiger charge is 2.32. The first kappa shape index (κ1) is 15.1. The van der Waals surface area contributed by atoms with Gasteiger partial charge in [-0.25, -0.2) is 0 Å². The maximum Gasteiger partial charge on any atom is -0.00148 e. The van der Waals surface area contributed by atoms with Gasteiger partial charge in [0.25, 0.3) is 0 Å². The first-order valence-corrected chi connectivity index (χ1v) is 9.09. The van der Waals surface area contributed by atoms with Crippen LogP contribution in [-0.4, -0.2) is 13.1 Å². The Balaban J connectivity index is 1.84. The van der Waals surface area contributed by atoms with E-state index in [2.05, 4.69) is 43.4 Å². The molecule has 3 atom stereocenters. The quantitative estimate of drug-likeness (QED) is 0.795. The summed E-state index contributed by atoms with van der Waals surface area (Å²) in [5.74, 6) is 3.37. The Hall–Kier alpha value is -0.820. The molecule has 3 unspecified atom stereocenters. The molecule has 116 valence electrons. The van der Waals surface area contributed by atoms with Gasteiger partial charge in [0.2, 0.25) is 0 Å². The van der Waals surface area contributed by atoms with Gasteiger partial charge in [-0.05, 0) is 73.6 Å². The van der Waals surface area contributed by atoms with E-state index >= 15 is 0 Å². The standard InChI is InChI=1S/C20H31N/c1-3-21-14-17-12-11-15(2)13-20(17)19-10-5-4-9-18(19)16-7-6-8-16/h4-5,9-10,15-17,20-21H,3,6-8,11-14H2,1-2H3. The molecule has 1 heteroatoms. The molecule has 0 saturated heterocycles. The van der Waals surface area contributed by atoms with E-state index < -0.39 is 0 Å². The van der Waals surface area contributed by atoms with Gasteiger partial charge < -0.3 is 5.32 Å². The molecule has 3 rings (SSSR count). The summed E-state index contributed by atoms with van der Waals surface area (Å²) in [6.45, 7) is 6.97. The van der Waals surface area contributed by atoms with Crippen molar-refractivity contribution in [3.8, 4) is 0 Å². The van der Waals surface area contributed by atoms with E-state index in [4.69, 9.17) is 0 Å². The summed E-state index contributed by atoms with van der Waals surface area (Å²) in [4.78, 5) is 0. The maximum atomic E-state index is 3.61. The summed E-state index contributed by atoms with van der Waals surface area (Å²) in [6, 6.07) is 9.38. The molecule has 2 saturated carbocycles. The fourth-order valence-electron chi connectivity index (χ4n) is 4.34. The SMILES string of the molecule is CCNCC1CCC(C)CC1c1ccccc1C1CCC1. The van der Waals surface area contributed by atoms with Crippen molar-refractivity contribution in [2.24, 2.45) is 11.8 Å². The van der Waals surface area contributed by atoms with Gasteiger partial charge >= 0.3 is 0 Å². The molecule has 1 N–H and O–H groups in total. The highest BCUT2D eigenvalue weighted by Crippen LogP contribution is 2.46. The Kier molecular flexibility index (Phi) is 5.00. The summed E-state index contributed by atoms with van der Waals surface area (Å²) in [5, 5.41) is 3.61. The number of hydrogen-bond donors (Lipinski definition) is 1. The zero-order chi connectivity index (χ0) is 14.7. The topological polar surface area (TPSA) is 12.0 Å². The third kappa shape index (κ3) is 3.34. The van der Waals surface area contributed by atoms with Gasteiger partial charge in [0.15, 0.2) is 0 Å². The largest absolute Gasteiger partial charge is 0.317 e. The molecule has 2 fully saturated rings. The predicted octanol–water partition coefficient (Wildman–Crippen LogP) is 5.08. The minimum atomic E-state index is 0.782. The van der Waals surface area contributed by atoms with Gasteiger partial charge in [-0.2, -0.15) is 0 Å². The van der Waals surface area contributed by atoms with Crippen LogP contribution in [0.15, 0.2) is 24.3 Å². The van der Waals surface area contributed by atoms with Gasteiger partial charge in [-0.3, -0.25) is 0 Å². The zero-order valence-corrected chi connectivity index (χ0v) is 13.8. The van der Waals surface area contributed by atoms with Crippen LogP contribution in [0.2, 0.25) is 0 Å². The van der Waals surface area contributed by atoms with Crippen LogP contribution in [-0.2, 0) is 0 Å². The van der Waals surface area contributed by atoms with E-state index in [-0.39, 0.29) is 0 Å². The van der Waals surface area contributed by atoms with Crippen LogP contribution in [0.1, 0.15) is 75.3 Å². The maximum absolute atomic E-state index is 3.61. The monoisotopic (exact) mass is 285 g/mol. The minimum absolute atomic E-state index is 0.782. The summed E-state index contributed by atoms with van der Waals surface area (Å²) >= 11 is 0. The van der Waals surface area contributed by atoms with Crippen molar-refractivity contribution in [3.63, 3.8) is 0 Å². The van der Waals surface area contributed by atoms with E-state index in [9.17, 15) is 0 Å². The normalized spacial score (nSPS) is 30.1. The number of hydrogen-bond acceptors (Lipinski definition) is 1. The van der Waals surface area contributed by atoms with Crippen molar-refractivity contribution >= 4 is 0 Å². The lowest BCUT2D eigenvalue weighted by atomic mass is 9.68. The number of benzene rings is 1. The average Bonchev–Trinajstić information content (AvgIpc) is 2.45. The van der Waals surface area contributed by atoms with E-state index in [0.717, 1.165) is 30.2 Å². The summed E-state index contributed by atoms with van der Waals surface area (Å²) < 4.78 is 0. The molecule has 1 nitrogen and oxygen atoms in total. The van der Waals surface area contributed by atoms with Crippen LogP contribution in [0.3, 0.4) is 0 Å². The fraction of sp³-hybridized carbons (Fsp3) is 0.700. The Morgan fingerprint density at radius 3 is 2.48 bits per heavy atom. The van der Waals surface area contributed by atoms with Crippen LogP contribution < -0.4 is 5.32 Å². The van der Waals surface area contributed by atoms with Crippen molar-refractivity contribution in [1.82, 2.24) is 5.32 Å². The van der Waals surface area contributed by atoms with Crippen molar-refractivity contribution in [2.75, 3.05) is 13.1 Å². The Labute approximate surface area is 130 Å². The third-order valence-electron chi connectivity index (χ3n) is 5.85.